The molecule has 104 valence electrons. The lowest BCUT2D eigenvalue weighted by atomic mass is 10.1. The summed E-state index contributed by atoms with van der Waals surface area (Å²) in [4.78, 5) is 0. The van der Waals surface area contributed by atoms with Crippen molar-refractivity contribution in [2.45, 2.75) is 12.2 Å². The molecule has 0 radical (unpaired) electrons. The number of halogens is 3. The molecule has 1 atom stereocenters. The van der Waals surface area contributed by atoms with Crippen LogP contribution in [0.3, 0.4) is 0 Å². The fraction of sp³-hybridized carbons (Fsp3) is 0.273. The first-order valence-electron chi connectivity index (χ1n) is 5.31. The minimum Gasteiger partial charge on any atom is -0.399 e. The van der Waals surface area contributed by atoms with Crippen LogP contribution >= 0.6 is 0 Å². The Kier molecular flexibility index (Phi) is 3.21. The zero-order chi connectivity index (χ0) is 14.3. The standard InChI is InChI=1S/C11H11F3N2O2S/c12-11(13,14)9-5-7(15)1-2-10(9)16-8-3-4-19(17,18)6-8/h1-5,8,16H,6,15H2. The van der Waals surface area contributed by atoms with Gasteiger partial charge in [0.2, 0.25) is 0 Å². The number of nitrogens with two attached hydrogens (primary N) is 1. The van der Waals surface area contributed by atoms with E-state index in [1.165, 1.54) is 18.2 Å². The van der Waals surface area contributed by atoms with E-state index in [4.69, 9.17) is 5.73 Å². The highest BCUT2D eigenvalue weighted by Gasteiger charge is 2.34. The first kappa shape index (κ1) is 13.7. The molecule has 1 aromatic carbocycles. The number of hydrogen-bond donors (Lipinski definition) is 2. The SMILES string of the molecule is Nc1ccc(NC2C=CS(=O)(=O)C2)c(C(F)(F)F)c1. The third-order valence-electron chi connectivity index (χ3n) is 2.62. The number of hydrogen-bond acceptors (Lipinski definition) is 4. The number of rotatable bonds is 2. The van der Waals surface area contributed by atoms with E-state index in [2.05, 4.69) is 5.32 Å². The summed E-state index contributed by atoms with van der Waals surface area (Å²) in [5, 5.41) is 3.55. The molecule has 4 nitrogen and oxygen atoms in total. The summed E-state index contributed by atoms with van der Waals surface area (Å²) in [5.41, 5.74) is 4.23. The molecule has 19 heavy (non-hydrogen) atoms. The summed E-state index contributed by atoms with van der Waals surface area (Å²) in [5.74, 6) is -0.255. The molecule has 0 bridgehead atoms. The van der Waals surface area contributed by atoms with Crippen molar-refractivity contribution in [2.75, 3.05) is 16.8 Å². The predicted molar refractivity (Wildman–Crippen MR) is 66.2 cm³/mol. The molecule has 0 aromatic heterocycles. The van der Waals surface area contributed by atoms with E-state index >= 15 is 0 Å². The monoisotopic (exact) mass is 292 g/mol. The van der Waals surface area contributed by atoms with Gasteiger partial charge in [0.15, 0.2) is 9.84 Å². The fourth-order valence-electron chi connectivity index (χ4n) is 1.79. The number of sulfone groups is 1. The summed E-state index contributed by atoms with van der Waals surface area (Å²) >= 11 is 0. The molecule has 2 rings (SSSR count). The van der Waals surface area contributed by atoms with E-state index in [0.29, 0.717) is 0 Å². The zero-order valence-corrected chi connectivity index (χ0v) is 10.4. The summed E-state index contributed by atoms with van der Waals surface area (Å²) < 4.78 is 60.9. The Morgan fingerprint density at radius 3 is 2.53 bits per heavy atom. The second-order valence-corrected chi connectivity index (χ2v) is 6.14. The smallest absolute Gasteiger partial charge is 0.399 e. The van der Waals surface area contributed by atoms with Gasteiger partial charge in [0, 0.05) is 16.8 Å². The molecule has 8 heteroatoms. The lowest BCUT2D eigenvalue weighted by Gasteiger charge is -2.17. The maximum Gasteiger partial charge on any atom is 0.418 e. The molecule has 1 aliphatic heterocycles. The second kappa shape index (κ2) is 4.44. The first-order chi connectivity index (χ1) is 8.67. The molecule has 1 aliphatic rings. The van der Waals surface area contributed by atoms with Crippen molar-refractivity contribution in [1.29, 1.82) is 0 Å². The quantitative estimate of drug-likeness (QED) is 0.818. The highest BCUT2D eigenvalue weighted by molar-refractivity contribution is 7.94. The van der Waals surface area contributed by atoms with Crippen LogP contribution in [0, 0.1) is 0 Å². The Morgan fingerprint density at radius 2 is 2.00 bits per heavy atom. The second-order valence-electron chi connectivity index (χ2n) is 4.21. The predicted octanol–water partition coefficient (Wildman–Crippen LogP) is 2.01. The van der Waals surface area contributed by atoms with Crippen molar-refractivity contribution >= 4 is 21.2 Å². The summed E-state index contributed by atoms with van der Waals surface area (Å²) in [6, 6.07) is 2.66. The van der Waals surface area contributed by atoms with Crippen LogP contribution in [0.15, 0.2) is 29.7 Å². The Labute approximate surface area is 108 Å². The lowest BCUT2D eigenvalue weighted by molar-refractivity contribution is -0.136. The maximum absolute atomic E-state index is 12.8. The van der Waals surface area contributed by atoms with E-state index in [0.717, 1.165) is 11.5 Å². The van der Waals surface area contributed by atoms with Crippen LogP contribution in [0.2, 0.25) is 0 Å². The van der Waals surface area contributed by atoms with Crippen LogP contribution < -0.4 is 11.1 Å². The molecule has 0 spiro atoms. The molecule has 0 saturated heterocycles. The lowest BCUT2D eigenvalue weighted by Crippen LogP contribution is -2.23. The summed E-state index contributed by atoms with van der Waals surface area (Å²) in [6.45, 7) is 0. The van der Waals surface area contributed by atoms with Crippen LogP contribution in [0.25, 0.3) is 0 Å². The van der Waals surface area contributed by atoms with Gasteiger partial charge in [-0.15, -0.1) is 0 Å². The van der Waals surface area contributed by atoms with Crippen LogP contribution in [0.1, 0.15) is 5.56 Å². The van der Waals surface area contributed by atoms with Gasteiger partial charge < -0.3 is 11.1 Å². The number of nitrogens with one attached hydrogen (secondary N) is 1. The van der Waals surface area contributed by atoms with Gasteiger partial charge in [-0.2, -0.15) is 13.2 Å². The zero-order valence-electron chi connectivity index (χ0n) is 9.61. The highest BCUT2D eigenvalue weighted by Crippen LogP contribution is 2.36. The van der Waals surface area contributed by atoms with Crippen molar-refractivity contribution in [3.05, 3.63) is 35.2 Å². The van der Waals surface area contributed by atoms with Crippen molar-refractivity contribution < 1.29 is 21.6 Å². The molecule has 1 aromatic rings. The number of alkyl halides is 3. The Bertz CT molecular complexity index is 623. The van der Waals surface area contributed by atoms with Crippen molar-refractivity contribution in [3.63, 3.8) is 0 Å². The topological polar surface area (TPSA) is 72.2 Å². The van der Waals surface area contributed by atoms with Gasteiger partial charge in [-0.3, -0.25) is 0 Å². The molecule has 0 aliphatic carbocycles. The Hall–Kier alpha value is -1.70. The summed E-state index contributed by atoms with van der Waals surface area (Å²) in [6.07, 6.45) is -3.23. The van der Waals surface area contributed by atoms with Gasteiger partial charge in [-0.25, -0.2) is 8.42 Å². The van der Waals surface area contributed by atoms with Gasteiger partial charge >= 0.3 is 6.18 Å². The van der Waals surface area contributed by atoms with Gasteiger partial charge in [-0.05, 0) is 18.2 Å². The average molecular weight is 292 g/mol. The third-order valence-corrected chi connectivity index (χ3v) is 4.02. The van der Waals surface area contributed by atoms with E-state index in [-0.39, 0.29) is 17.1 Å². The number of anilines is 2. The minimum atomic E-state index is -4.56. The normalized spacial score (nSPS) is 21.5. The fourth-order valence-corrected chi connectivity index (χ4v) is 3.02. The molecular formula is C11H11F3N2O2S. The molecule has 0 fully saturated rings. The summed E-state index contributed by atoms with van der Waals surface area (Å²) in [7, 11) is -3.32. The number of benzene rings is 1. The highest BCUT2D eigenvalue weighted by atomic mass is 32.2. The Balaban J connectivity index is 2.29. The van der Waals surface area contributed by atoms with E-state index < -0.39 is 27.6 Å². The Morgan fingerprint density at radius 1 is 1.32 bits per heavy atom. The van der Waals surface area contributed by atoms with Crippen molar-refractivity contribution in [2.24, 2.45) is 0 Å². The van der Waals surface area contributed by atoms with Crippen molar-refractivity contribution in [3.8, 4) is 0 Å². The van der Waals surface area contributed by atoms with E-state index in [9.17, 15) is 21.6 Å². The molecular weight excluding hydrogens is 281 g/mol. The average Bonchev–Trinajstić information content (AvgIpc) is 2.59. The van der Waals surface area contributed by atoms with Crippen LogP contribution in [0.5, 0.6) is 0 Å². The maximum atomic E-state index is 12.8. The van der Waals surface area contributed by atoms with E-state index in [1.807, 2.05) is 0 Å². The van der Waals surface area contributed by atoms with Gasteiger partial charge in [0.1, 0.15) is 0 Å². The first-order valence-corrected chi connectivity index (χ1v) is 7.03. The van der Waals surface area contributed by atoms with Gasteiger partial charge in [-0.1, -0.05) is 6.08 Å². The molecule has 1 heterocycles. The van der Waals surface area contributed by atoms with Crippen molar-refractivity contribution in [1.82, 2.24) is 0 Å². The molecule has 3 N–H and O–H groups in total. The largest absolute Gasteiger partial charge is 0.418 e. The van der Waals surface area contributed by atoms with Crippen LogP contribution in [0.4, 0.5) is 24.5 Å². The third kappa shape index (κ3) is 3.19. The van der Waals surface area contributed by atoms with Gasteiger partial charge in [0.05, 0.1) is 17.4 Å². The minimum absolute atomic E-state index is 0.00698. The van der Waals surface area contributed by atoms with Crippen LogP contribution in [-0.4, -0.2) is 20.2 Å². The van der Waals surface area contributed by atoms with E-state index in [1.54, 1.807) is 0 Å². The van der Waals surface area contributed by atoms with Crippen LogP contribution in [-0.2, 0) is 16.0 Å². The number of nitrogen functional groups attached to an aromatic ring is 1. The molecule has 0 amide bonds. The van der Waals surface area contributed by atoms with Gasteiger partial charge in [0.25, 0.3) is 0 Å². The molecule has 0 saturated carbocycles. The molecule has 1 unspecified atom stereocenters.